The van der Waals surface area contributed by atoms with Crippen LogP contribution in [0.25, 0.3) is 0 Å². The summed E-state index contributed by atoms with van der Waals surface area (Å²) in [6.45, 7) is 3.01. The average Bonchev–Trinajstić information content (AvgIpc) is 2.15. The van der Waals surface area contributed by atoms with Gasteiger partial charge in [-0.25, -0.2) is 0 Å². The maximum Gasteiger partial charge on any atom is 0.0931 e. The van der Waals surface area contributed by atoms with Gasteiger partial charge in [0.05, 0.1) is 6.73 Å². The number of nitrogens with one attached hydrogen (secondary N) is 1. The summed E-state index contributed by atoms with van der Waals surface area (Å²) in [5, 5.41) is 11.5. The SMILES string of the molecule is CC(CNCO)c1ccccc1. The Morgan fingerprint density at radius 2 is 2.00 bits per heavy atom. The molecule has 1 aromatic rings. The molecule has 1 atom stereocenters. The first-order valence-electron chi connectivity index (χ1n) is 4.21. The van der Waals surface area contributed by atoms with Crippen LogP contribution in [0.15, 0.2) is 30.3 Å². The van der Waals surface area contributed by atoms with Gasteiger partial charge < -0.3 is 5.11 Å². The van der Waals surface area contributed by atoms with E-state index in [4.69, 9.17) is 5.11 Å². The van der Waals surface area contributed by atoms with Crippen LogP contribution in [-0.2, 0) is 0 Å². The molecule has 1 rings (SSSR count). The lowest BCUT2D eigenvalue weighted by Gasteiger charge is -2.10. The Bertz CT molecular complexity index is 210. The predicted molar refractivity (Wildman–Crippen MR) is 49.9 cm³/mol. The fourth-order valence-corrected chi connectivity index (χ4v) is 1.18. The van der Waals surface area contributed by atoms with E-state index in [1.54, 1.807) is 0 Å². The topological polar surface area (TPSA) is 32.3 Å². The first-order valence-corrected chi connectivity index (χ1v) is 4.21. The molecule has 2 heteroatoms. The van der Waals surface area contributed by atoms with Gasteiger partial charge >= 0.3 is 0 Å². The fraction of sp³-hybridized carbons (Fsp3) is 0.400. The van der Waals surface area contributed by atoms with E-state index in [1.807, 2.05) is 18.2 Å². The molecule has 0 radical (unpaired) electrons. The Morgan fingerprint density at radius 3 is 2.58 bits per heavy atom. The Hall–Kier alpha value is -0.860. The third-order valence-electron chi connectivity index (χ3n) is 1.93. The molecule has 0 fully saturated rings. The summed E-state index contributed by atoms with van der Waals surface area (Å²) in [6.07, 6.45) is 0. The molecule has 0 aliphatic carbocycles. The Labute approximate surface area is 73.2 Å². The van der Waals surface area contributed by atoms with E-state index in [0.29, 0.717) is 5.92 Å². The molecular formula is C10H15NO. The van der Waals surface area contributed by atoms with E-state index in [0.717, 1.165) is 6.54 Å². The van der Waals surface area contributed by atoms with Gasteiger partial charge in [0, 0.05) is 6.54 Å². The second-order valence-electron chi connectivity index (χ2n) is 2.92. The van der Waals surface area contributed by atoms with Crippen molar-refractivity contribution in [3.05, 3.63) is 35.9 Å². The molecule has 0 saturated heterocycles. The molecule has 0 spiro atoms. The van der Waals surface area contributed by atoms with Crippen LogP contribution in [0.1, 0.15) is 18.4 Å². The van der Waals surface area contributed by atoms with Gasteiger partial charge in [-0.15, -0.1) is 0 Å². The predicted octanol–water partition coefficient (Wildman–Crippen LogP) is 1.33. The highest BCUT2D eigenvalue weighted by molar-refractivity contribution is 5.18. The van der Waals surface area contributed by atoms with E-state index in [2.05, 4.69) is 24.4 Å². The Morgan fingerprint density at radius 1 is 1.33 bits per heavy atom. The monoisotopic (exact) mass is 165 g/mol. The maximum atomic E-state index is 8.55. The summed E-state index contributed by atoms with van der Waals surface area (Å²) in [7, 11) is 0. The largest absolute Gasteiger partial charge is 0.381 e. The minimum Gasteiger partial charge on any atom is -0.381 e. The molecule has 0 heterocycles. The lowest BCUT2D eigenvalue weighted by Crippen LogP contribution is -2.20. The molecule has 0 amide bonds. The molecule has 1 aromatic carbocycles. The van der Waals surface area contributed by atoms with Crippen molar-refractivity contribution >= 4 is 0 Å². The van der Waals surface area contributed by atoms with Gasteiger partial charge in [-0.05, 0) is 11.5 Å². The number of aliphatic hydroxyl groups is 1. The summed E-state index contributed by atoms with van der Waals surface area (Å²) < 4.78 is 0. The zero-order chi connectivity index (χ0) is 8.81. The lowest BCUT2D eigenvalue weighted by atomic mass is 10.0. The van der Waals surface area contributed by atoms with Gasteiger partial charge in [-0.1, -0.05) is 37.3 Å². The van der Waals surface area contributed by atoms with Crippen molar-refractivity contribution in [1.29, 1.82) is 0 Å². The van der Waals surface area contributed by atoms with E-state index in [1.165, 1.54) is 5.56 Å². The zero-order valence-electron chi connectivity index (χ0n) is 7.33. The average molecular weight is 165 g/mol. The summed E-state index contributed by atoms with van der Waals surface area (Å²) in [5.41, 5.74) is 1.30. The van der Waals surface area contributed by atoms with Crippen LogP contribution in [0.5, 0.6) is 0 Å². The zero-order valence-corrected chi connectivity index (χ0v) is 7.33. The molecule has 2 N–H and O–H groups in total. The lowest BCUT2D eigenvalue weighted by molar-refractivity contribution is 0.258. The van der Waals surface area contributed by atoms with Gasteiger partial charge in [0.1, 0.15) is 0 Å². The van der Waals surface area contributed by atoms with Crippen molar-refractivity contribution in [1.82, 2.24) is 5.32 Å². The molecule has 0 aromatic heterocycles. The second-order valence-corrected chi connectivity index (χ2v) is 2.92. The van der Waals surface area contributed by atoms with Crippen LogP contribution in [0.3, 0.4) is 0 Å². The summed E-state index contributed by atoms with van der Waals surface area (Å²) >= 11 is 0. The smallest absolute Gasteiger partial charge is 0.0931 e. The molecule has 66 valence electrons. The van der Waals surface area contributed by atoms with Gasteiger partial charge in [0.15, 0.2) is 0 Å². The molecule has 0 bridgehead atoms. The van der Waals surface area contributed by atoms with Gasteiger partial charge in [0.25, 0.3) is 0 Å². The quantitative estimate of drug-likeness (QED) is 0.660. The third kappa shape index (κ3) is 2.64. The number of hydrogen-bond donors (Lipinski definition) is 2. The molecule has 0 aliphatic heterocycles. The normalized spacial score (nSPS) is 12.8. The summed E-state index contributed by atoms with van der Waals surface area (Å²) in [5.74, 6) is 0.457. The molecule has 12 heavy (non-hydrogen) atoms. The summed E-state index contributed by atoms with van der Waals surface area (Å²) in [4.78, 5) is 0. The minimum atomic E-state index is 0.0528. The van der Waals surface area contributed by atoms with Crippen molar-refractivity contribution in [2.24, 2.45) is 0 Å². The first kappa shape index (κ1) is 9.23. The van der Waals surface area contributed by atoms with E-state index in [-0.39, 0.29) is 6.73 Å². The van der Waals surface area contributed by atoms with Crippen LogP contribution in [-0.4, -0.2) is 18.4 Å². The third-order valence-corrected chi connectivity index (χ3v) is 1.93. The van der Waals surface area contributed by atoms with Crippen molar-refractivity contribution in [3.8, 4) is 0 Å². The van der Waals surface area contributed by atoms with Gasteiger partial charge in [-0.2, -0.15) is 0 Å². The van der Waals surface area contributed by atoms with Crippen LogP contribution in [0.4, 0.5) is 0 Å². The van der Waals surface area contributed by atoms with Crippen molar-refractivity contribution in [3.63, 3.8) is 0 Å². The second kappa shape index (κ2) is 4.91. The number of hydrogen-bond acceptors (Lipinski definition) is 2. The molecular weight excluding hydrogens is 150 g/mol. The Kier molecular flexibility index (Phi) is 3.77. The molecule has 0 saturated carbocycles. The maximum absolute atomic E-state index is 8.55. The van der Waals surface area contributed by atoms with Gasteiger partial charge in [-0.3, -0.25) is 5.32 Å². The molecule has 1 unspecified atom stereocenters. The summed E-state index contributed by atoms with van der Waals surface area (Å²) in [6, 6.07) is 10.3. The van der Waals surface area contributed by atoms with Crippen LogP contribution in [0.2, 0.25) is 0 Å². The minimum absolute atomic E-state index is 0.0528. The van der Waals surface area contributed by atoms with Crippen LogP contribution in [0, 0.1) is 0 Å². The van der Waals surface area contributed by atoms with Crippen LogP contribution < -0.4 is 5.32 Å². The van der Waals surface area contributed by atoms with E-state index < -0.39 is 0 Å². The van der Waals surface area contributed by atoms with Crippen molar-refractivity contribution in [2.75, 3.05) is 13.3 Å². The number of aliphatic hydroxyl groups excluding tert-OH is 1. The van der Waals surface area contributed by atoms with Crippen LogP contribution >= 0.6 is 0 Å². The van der Waals surface area contributed by atoms with E-state index >= 15 is 0 Å². The standard InChI is InChI=1S/C10H15NO/c1-9(7-11-8-12)10-5-3-2-4-6-10/h2-6,9,11-12H,7-8H2,1H3. The number of benzene rings is 1. The van der Waals surface area contributed by atoms with Gasteiger partial charge in [0.2, 0.25) is 0 Å². The van der Waals surface area contributed by atoms with Crippen molar-refractivity contribution in [2.45, 2.75) is 12.8 Å². The number of rotatable bonds is 4. The van der Waals surface area contributed by atoms with E-state index in [9.17, 15) is 0 Å². The van der Waals surface area contributed by atoms with Crippen molar-refractivity contribution < 1.29 is 5.11 Å². The molecule has 0 aliphatic rings. The highest BCUT2D eigenvalue weighted by Crippen LogP contribution is 2.12. The first-order chi connectivity index (χ1) is 5.84. The molecule has 2 nitrogen and oxygen atoms in total. The highest BCUT2D eigenvalue weighted by Gasteiger charge is 2.02. The highest BCUT2D eigenvalue weighted by atomic mass is 16.3. The Balaban J connectivity index is 2.48. The fourth-order valence-electron chi connectivity index (χ4n) is 1.18.